The van der Waals surface area contributed by atoms with Crippen molar-refractivity contribution >= 4 is 33.4 Å². The molecule has 1 fully saturated rings. The Bertz CT molecular complexity index is 1100. The zero-order valence-corrected chi connectivity index (χ0v) is 17.0. The summed E-state index contributed by atoms with van der Waals surface area (Å²) in [5.41, 5.74) is 0.302. The van der Waals surface area contributed by atoms with Crippen molar-refractivity contribution in [3.8, 4) is 0 Å². The summed E-state index contributed by atoms with van der Waals surface area (Å²) in [5, 5.41) is 5.21. The van der Waals surface area contributed by atoms with Crippen molar-refractivity contribution < 1.29 is 22.8 Å². The number of benzene rings is 2. The summed E-state index contributed by atoms with van der Waals surface area (Å²) in [4.78, 5) is 38.6. The van der Waals surface area contributed by atoms with E-state index in [4.69, 9.17) is 0 Å². The smallest absolute Gasteiger partial charge is 0.324 e. The molecule has 4 amide bonds. The molecule has 2 aromatic carbocycles. The summed E-state index contributed by atoms with van der Waals surface area (Å²) in [5.74, 6) is -1.15. The van der Waals surface area contributed by atoms with Gasteiger partial charge in [0.2, 0.25) is 5.91 Å². The van der Waals surface area contributed by atoms with E-state index in [1.165, 1.54) is 12.1 Å². The van der Waals surface area contributed by atoms with Crippen molar-refractivity contribution in [3.05, 3.63) is 59.7 Å². The molecule has 0 spiro atoms. The standard InChI is InChI=1S/C20H21N3O5S/c1-13-9-10-15(29(3,27)28)11-16(13)21-17(24)12-23-18(25)20(2,22-19(23)26)14-7-5-4-6-8-14/h4-11H,12H2,1-3H3,(H,21,24)(H,22,26). The number of nitrogens with one attached hydrogen (secondary N) is 2. The molecule has 2 N–H and O–H groups in total. The molecule has 0 radical (unpaired) electrons. The third kappa shape index (κ3) is 4.00. The van der Waals surface area contributed by atoms with Gasteiger partial charge >= 0.3 is 6.03 Å². The van der Waals surface area contributed by atoms with Crippen LogP contribution in [0.4, 0.5) is 10.5 Å². The molecular formula is C20H21N3O5S. The highest BCUT2D eigenvalue weighted by molar-refractivity contribution is 7.90. The molecule has 1 atom stereocenters. The van der Waals surface area contributed by atoms with Gasteiger partial charge in [-0.15, -0.1) is 0 Å². The Morgan fingerprint density at radius 3 is 2.41 bits per heavy atom. The predicted octanol–water partition coefficient (Wildman–Crippen LogP) is 1.80. The normalized spacial score (nSPS) is 19.2. The van der Waals surface area contributed by atoms with Gasteiger partial charge in [0.15, 0.2) is 9.84 Å². The van der Waals surface area contributed by atoms with E-state index in [2.05, 4.69) is 10.6 Å². The summed E-state index contributed by atoms with van der Waals surface area (Å²) in [6, 6.07) is 12.5. The molecule has 0 saturated carbocycles. The van der Waals surface area contributed by atoms with Crippen LogP contribution in [0.15, 0.2) is 53.4 Å². The van der Waals surface area contributed by atoms with Gasteiger partial charge < -0.3 is 10.6 Å². The van der Waals surface area contributed by atoms with Crippen molar-refractivity contribution in [1.82, 2.24) is 10.2 Å². The number of rotatable bonds is 5. The minimum Gasteiger partial charge on any atom is -0.324 e. The molecule has 152 valence electrons. The van der Waals surface area contributed by atoms with Crippen LogP contribution in [-0.2, 0) is 25.0 Å². The Morgan fingerprint density at radius 2 is 1.79 bits per heavy atom. The van der Waals surface area contributed by atoms with E-state index in [0.29, 0.717) is 16.8 Å². The van der Waals surface area contributed by atoms with Crippen molar-refractivity contribution in [2.24, 2.45) is 0 Å². The van der Waals surface area contributed by atoms with Crippen LogP contribution in [0.1, 0.15) is 18.1 Å². The highest BCUT2D eigenvalue weighted by Gasteiger charge is 2.49. The van der Waals surface area contributed by atoms with Gasteiger partial charge in [0, 0.05) is 11.9 Å². The predicted molar refractivity (Wildman–Crippen MR) is 107 cm³/mol. The van der Waals surface area contributed by atoms with E-state index in [1.54, 1.807) is 50.2 Å². The Morgan fingerprint density at radius 1 is 1.14 bits per heavy atom. The molecule has 29 heavy (non-hydrogen) atoms. The van der Waals surface area contributed by atoms with E-state index in [9.17, 15) is 22.8 Å². The number of aryl methyl sites for hydroxylation is 1. The molecule has 3 rings (SSSR count). The van der Waals surface area contributed by atoms with Gasteiger partial charge in [-0.25, -0.2) is 13.2 Å². The van der Waals surface area contributed by atoms with Gasteiger partial charge in [-0.05, 0) is 37.1 Å². The fourth-order valence-electron chi connectivity index (χ4n) is 3.11. The zero-order valence-electron chi connectivity index (χ0n) is 16.2. The van der Waals surface area contributed by atoms with E-state index in [-0.39, 0.29) is 4.90 Å². The lowest BCUT2D eigenvalue weighted by Gasteiger charge is -2.22. The maximum Gasteiger partial charge on any atom is 0.325 e. The summed E-state index contributed by atoms with van der Waals surface area (Å²) in [6.45, 7) is 2.80. The number of carbonyl (C=O) groups excluding carboxylic acids is 3. The molecule has 1 aliphatic rings. The number of hydrogen-bond donors (Lipinski definition) is 2. The molecule has 1 heterocycles. The first-order chi connectivity index (χ1) is 13.5. The lowest BCUT2D eigenvalue weighted by atomic mass is 9.92. The van der Waals surface area contributed by atoms with Gasteiger partial charge in [0.05, 0.1) is 4.90 Å². The molecule has 1 saturated heterocycles. The number of amides is 4. The minimum absolute atomic E-state index is 0.0602. The molecule has 0 aliphatic carbocycles. The first-order valence-electron chi connectivity index (χ1n) is 8.82. The van der Waals surface area contributed by atoms with Crippen LogP contribution < -0.4 is 10.6 Å². The molecular weight excluding hydrogens is 394 g/mol. The molecule has 8 nitrogen and oxygen atoms in total. The van der Waals surface area contributed by atoms with Crippen molar-refractivity contribution in [3.63, 3.8) is 0 Å². The Hall–Kier alpha value is -3.20. The van der Waals surface area contributed by atoms with Crippen LogP contribution >= 0.6 is 0 Å². The van der Waals surface area contributed by atoms with E-state index in [1.807, 2.05) is 0 Å². The zero-order chi connectivity index (χ0) is 21.4. The summed E-state index contributed by atoms with van der Waals surface area (Å²) in [6.07, 6.45) is 1.07. The van der Waals surface area contributed by atoms with Crippen LogP contribution in [0, 0.1) is 6.92 Å². The van der Waals surface area contributed by atoms with Crippen molar-refractivity contribution in [1.29, 1.82) is 0 Å². The average molecular weight is 415 g/mol. The average Bonchev–Trinajstić information content (AvgIpc) is 2.87. The highest BCUT2D eigenvalue weighted by Crippen LogP contribution is 2.28. The van der Waals surface area contributed by atoms with Crippen molar-refractivity contribution in [2.75, 3.05) is 18.1 Å². The fourth-order valence-corrected chi connectivity index (χ4v) is 3.75. The highest BCUT2D eigenvalue weighted by atomic mass is 32.2. The summed E-state index contributed by atoms with van der Waals surface area (Å²) in [7, 11) is -3.44. The molecule has 0 aromatic heterocycles. The van der Waals surface area contributed by atoms with Gasteiger partial charge in [-0.3, -0.25) is 14.5 Å². The van der Waals surface area contributed by atoms with Gasteiger partial charge in [0.1, 0.15) is 12.1 Å². The number of sulfone groups is 1. The monoisotopic (exact) mass is 415 g/mol. The van der Waals surface area contributed by atoms with E-state index in [0.717, 1.165) is 11.2 Å². The van der Waals surface area contributed by atoms with Crippen LogP contribution in [0.5, 0.6) is 0 Å². The molecule has 1 aliphatic heterocycles. The number of anilines is 1. The summed E-state index contributed by atoms with van der Waals surface area (Å²) < 4.78 is 23.5. The van der Waals surface area contributed by atoms with Crippen LogP contribution in [0.3, 0.4) is 0 Å². The third-order valence-corrected chi connectivity index (χ3v) is 5.95. The second-order valence-corrected chi connectivity index (χ2v) is 9.13. The van der Waals surface area contributed by atoms with Gasteiger partial charge in [0.25, 0.3) is 5.91 Å². The molecule has 1 unspecified atom stereocenters. The number of urea groups is 1. The summed E-state index contributed by atoms with van der Waals surface area (Å²) >= 11 is 0. The first kappa shape index (κ1) is 20.5. The van der Waals surface area contributed by atoms with E-state index < -0.39 is 39.8 Å². The number of hydrogen-bond acceptors (Lipinski definition) is 5. The largest absolute Gasteiger partial charge is 0.325 e. The number of nitrogens with zero attached hydrogens (tertiary/aromatic N) is 1. The topological polar surface area (TPSA) is 113 Å². The number of carbonyl (C=O) groups is 3. The lowest BCUT2D eigenvalue weighted by molar-refractivity contribution is -0.133. The Balaban J connectivity index is 1.78. The van der Waals surface area contributed by atoms with Gasteiger partial charge in [-0.1, -0.05) is 36.4 Å². The van der Waals surface area contributed by atoms with Gasteiger partial charge in [-0.2, -0.15) is 0 Å². The van der Waals surface area contributed by atoms with Crippen LogP contribution in [-0.4, -0.2) is 44.0 Å². The molecule has 2 aromatic rings. The second kappa shape index (κ2) is 7.32. The van der Waals surface area contributed by atoms with Crippen LogP contribution in [0.25, 0.3) is 0 Å². The maximum absolute atomic E-state index is 12.9. The third-order valence-electron chi connectivity index (χ3n) is 4.84. The molecule has 9 heteroatoms. The SMILES string of the molecule is Cc1ccc(S(C)(=O)=O)cc1NC(=O)CN1C(=O)NC(C)(c2ccccc2)C1=O. The Labute approximate surface area is 168 Å². The quantitative estimate of drug-likeness (QED) is 0.723. The van der Waals surface area contributed by atoms with Crippen molar-refractivity contribution in [2.45, 2.75) is 24.3 Å². The second-order valence-electron chi connectivity index (χ2n) is 7.11. The number of imide groups is 1. The minimum atomic E-state index is -3.44. The fraction of sp³-hybridized carbons (Fsp3) is 0.250. The first-order valence-corrected chi connectivity index (χ1v) is 10.7. The Kier molecular flexibility index (Phi) is 5.18. The van der Waals surface area contributed by atoms with Crippen LogP contribution in [0.2, 0.25) is 0 Å². The van der Waals surface area contributed by atoms with E-state index >= 15 is 0 Å². The molecule has 0 bridgehead atoms. The lowest BCUT2D eigenvalue weighted by Crippen LogP contribution is -2.42. The maximum atomic E-state index is 12.9.